The van der Waals surface area contributed by atoms with Gasteiger partial charge in [0.2, 0.25) is 10.0 Å². The summed E-state index contributed by atoms with van der Waals surface area (Å²) in [7, 11) is -3.68. The Morgan fingerprint density at radius 1 is 1.33 bits per heavy atom. The van der Waals surface area contributed by atoms with Crippen molar-refractivity contribution in [1.29, 1.82) is 5.26 Å². The van der Waals surface area contributed by atoms with Gasteiger partial charge in [-0.1, -0.05) is 26.2 Å². The highest BCUT2D eigenvalue weighted by Crippen LogP contribution is 2.28. The zero-order chi connectivity index (χ0) is 15.5. The minimum absolute atomic E-state index is 0.00402. The zero-order valence-corrected chi connectivity index (χ0v) is 12.9. The second-order valence-electron chi connectivity index (χ2n) is 5.25. The van der Waals surface area contributed by atoms with Crippen LogP contribution in [0.1, 0.15) is 44.6 Å². The lowest BCUT2D eigenvalue weighted by Gasteiger charge is -2.32. The van der Waals surface area contributed by atoms with Crippen LogP contribution in [0.4, 0.5) is 4.39 Å². The largest absolute Gasteiger partial charge is 0.243 e. The van der Waals surface area contributed by atoms with Crippen molar-refractivity contribution in [3.63, 3.8) is 0 Å². The van der Waals surface area contributed by atoms with Gasteiger partial charge in [0.15, 0.2) is 0 Å². The van der Waals surface area contributed by atoms with Crippen LogP contribution in [0.15, 0.2) is 23.1 Å². The van der Waals surface area contributed by atoms with Gasteiger partial charge in [0.25, 0.3) is 0 Å². The summed E-state index contributed by atoms with van der Waals surface area (Å²) in [4.78, 5) is -0.00660. The Morgan fingerprint density at radius 3 is 2.57 bits per heavy atom. The normalized spacial score (nSPS) is 16.9. The SMILES string of the molecule is CCN(C1CCCCC1)S(=O)(=O)c1ccc(F)c(C#N)c1. The van der Waals surface area contributed by atoms with E-state index in [2.05, 4.69) is 0 Å². The van der Waals surface area contributed by atoms with Crippen LogP contribution in [-0.4, -0.2) is 25.3 Å². The summed E-state index contributed by atoms with van der Waals surface area (Å²) < 4.78 is 40.3. The lowest BCUT2D eigenvalue weighted by atomic mass is 9.95. The summed E-state index contributed by atoms with van der Waals surface area (Å²) in [5, 5.41) is 8.85. The van der Waals surface area contributed by atoms with Crippen molar-refractivity contribution in [2.24, 2.45) is 0 Å². The maximum atomic E-state index is 13.4. The molecule has 2 rings (SSSR count). The van der Waals surface area contributed by atoms with Crippen LogP contribution < -0.4 is 0 Å². The fourth-order valence-electron chi connectivity index (χ4n) is 2.88. The van der Waals surface area contributed by atoms with E-state index in [1.807, 2.05) is 0 Å². The first kappa shape index (κ1) is 15.9. The molecule has 0 atom stereocenters. The molecular formula is C15H19FN2O2S. The Bertz CT molecular complexity index is 646. The van der Waals surface area contributed by atoms with Crippen LogP contribution in [0.5, 0.6) is 0 Å². The van der Waals surface area contributed by atoms with Crippen molar-refractivity contribution in [3.05, 3.63) is 29.6 Å². The van der Waals surface area contributed by atoms with Crippen LogP contribution in [0.3, 0.4) is 0 Å². The molecule has 0 N–H and O–H groups in total. The van der Waals surface area contributed by atoms with E-state index < -0.39 is 15.8 Å². The molecule has 1 aliphatic carbocycles. The molecule has 0 aromatic heterocycles. The third-order valence-corrected chi connectivity index (χ3v) is 5.98. The second-order valence-corrected chi connectivity index (χ2v) is 7.14. The lowest BCUT2D eigenvalue weighted by molar-refractivity contribution is 0.261. The van der Waals surface area contributed by atoms with Crippen LogP contribution in [0.25, 0.3) is 0 Å². The topological polar surface area (TPSA) is 61.2 Å². The predicted octanol–water partition coefficient (Wildman–Crippen LogP) is 3.04. The molecule has 0 radical (unpaired) electrons. The van der Waals surface area contributed by atoms with E-state index in [4.69, 9.17) is 5.26 Å². The molecule has 114 valence electrons. The van der Waals surface area contributed by atoms with E-state index in [0.29, 0.717) is 6.54 Å². The molecular weight excluding hydrogens is 291 g/mol. The number of benzene rings is 1. The standard InChI is InChI=1S/C15H19FN2O2S/c1-2-18(13-6-4-3-5-7-13)21(19,20)14-8-9-15(16)12(10-14)11-17/h8-10,13H,2-7H2,1H3. The molecule has 21 heavy (non-hydrogen) atoms. The molecule has 0 spiro atoms. The molecule has 1 aromatic rings. The molecule has 1 aliphatic rings. The van der Waals surface area contributed by atoms with E-state index in [1.165, 1.54) is 10.4 Å². The van der Waals surface area contributed by atoms with Gasteiger partial charge in [-0.25, -0.2) is 12.8 Å². The van der Waals surface area contributed by atoms with Gasteiger partial charge in [-0.2, -0.15) is 9.57 Å². The van der Waals surface area contributed by atoms with Crippen molar-refractivity contribution in [2.75, 3.05) is 6.54 Å². The van der Waals surface area contributed by atoms with Crippen LogP contribution in [0.2, 0.25) is 0 Å². The van der Waals surface area contributed by atoms with Gasteiger partial charge in [0.1, 0.15) is 11.9 Å². The molecule has 1 saturated carbocycles. The van der Waals surface area contributed by atoms with Crippen molar-refractivity contribution in [3.8, 4) is 6.07 Å². The molecule has 0 amide bonds. The Labute approximate surface area is 125 Å². The Kier molecular flexibility index (Phi) is 4.96. The first-order chi connectivity index (χ1) is 10.0. The van der Waals surface area contributed by atoms with Crippen LogP contribution in [-0.2, 0) is 10.0 Å². The zero-order valence-electron chi connectivity index (χ0n) is 12.0. The second kappa shape index (κ2) is 6.54. The number of nitrogens with zero attached hydrogens (tertiary/aromatic N) is 2. The maximum absolute atomic E-state index is 13.4. The Morgan fingerprint density at radius 2 is 2.00 bits per heavy atom. The van der Waals surface area contributed by atoms with Crippen molar-refractivity contribution >= 4 is 10.0 Å². The van der Waals surface area contributed by atoms with Crippen molar-refractivity contribution < 1.29 is 12.8 Å². The molecule has 0 bridgehead atoms. The Hall–Kier alpha value is -1.45. The average Bonchev–Trinajstić information content (AvgIpc) is 2.49. The summed E-state index contributed by atoms with van der Waals surface area (Å²) in [5.74, 6) is -0.697. The summed E-state index contributed by atoms with van der Waals surface area (Å²) in [6.45, 7) is 2.19. The fraction of sp³-hybridized carbons (Fsp3) is 0.533. The number of hydrogen-bond acceptors (Lipinski definition) is 3. The summed E-state index contributed by atoms with van der Waals surface area (Å²) >= 11 is 0. The molecule has 4 nitrogen and oxygen atoms in total. The van der Waals surface area contributed by atoms with Gasteiger partial charge in [0, 0.05) is 12.6 Å². The number of rotatable bonds is 4. The third kappa shape index (κ3) is 3.25. The summed E-state index contributed by atoms with van der Waals surface area (Å²) in [6, 6.07) is 5.09. The number of halogens is 1. The third-order valence-electron chi connectivity index (χ3n) is 3.96. The van der Waals surface area contributed by atoms with Crippen molar-refractivity contribution in [2.45, 2.75) is 50.0 Å². The van der Waals surface area contributed by atoms with E-state index in [9.17, 15) is 12.8 Å². The monoisotopic (exact) mass is 310 g/mol. The van der Waals surface area contributed by atoms with Gasteiger partial charge in [-0.15, -0.1) is 0 Å². The van der Waals surface area contributed by atoms with Crippen LogP contribution in [0, 0.1) is 17.1 Å². The summed E-state index contributed by atoms with van der Waals surface area (Å²) in [6.07, 6.45) is 4.93. The predicted molar refractivity (Wildman–Crippen MR) is 77.6 cm³/mol. The number of hydrogen-bond donors (Lipinski definition) is 0. The molecule has 0 aliphatic heterocycles. The van der Waals surface area contributed by atoms with Gasteiger partial charge in [-0.05, 0) is 31.0 Å². The minimum atomic E-state index is -3.68. The van der Waals surface area contributed by atoms with Gasteiger partial charge in [0.05, 0.1) is 10.5 Å². The highest BCUT2D eigenvalue weighted by atomic mass is 32.2. The quantitative estimate of drug-likeness (QED) is 0.858. The maximum Gasteiger partial charge on any atom is 0.243 e. The highest BCUT2D eigenvalue weighted by molar-refractivity contribution is 7.89. The Balaban J connectivity index is 2.37. The highest BCUT2D eigenvalue weighted by Gasteiger charge is 2.31. The van der Waals surface area contributed by atoms with Gasteiger partial charge < -0.3 is 0 Å². The van der Waals surface area contributed by atoms with E-state index in [1.54, 1.807) is 13.0 Å². The smallest absolute Gasteiger partial charge is 0.207 e. The molecule has 0 unspecified atom stereocenters. The van der Waals surface area contributed by atoms with Crippen molar-refractivity contribution in [1.82, 2.24) is 4.31 Å². The lowest BCUT2D eigenvalue weighted by Crippen LogP contribution is -2.41. The minimum Gasteiger partial charge on any atom is -0.207 e. The van der Waals surface area contributed by atoms with E-state index in [-0.39, 0.29) is 16.5 Å². The van der Waals surface area contributed by atoms with E-state index >= 15 is 0 Å². The molecule has 0 saturated heterocycles. The first-order valence-corrected chi connectivity index (χ1v) is 8.66. The average molecular weight is 310 g/mol. The number of sulfonamides is 1. The molecule has 1 fully saturated rings. The molecule has 6 heteroatoms. The fourth-order valence-corrected chi connectivity index (χ4v) is 4.60. The van der Waals surface area contributed by atoms with Crippen LogP contribution >= 0.6 is 0 Å². The van der Waals surface area contributed by atoms with E-state index in [0.717, 1.165) is 44.2 Å². The first-order valence-electron chi connectivity index (χ1n) is 7.22. The molecule has 0 heterocycles. The summed E-state index contributed by atoms with van der Waals surface area (Å²) in [5.41, 5.74) is -0.240. The number of nitriles is 1. The molecule has 1 aromatic carbocycles. The van der Waals surface area contributed by atoms with Gasteiger partial charge >= 0.3 is 0 Å². The van der Waals surface area contributed by atoms with Gasteiger partial charge in [-0.3, -0.25) is 0 Å².